The second-order valence-corrected chi connectivity index (χ2v) is 5.51. The van der Waals surface area contributed by atoms with Gasteiger partial charge in [0.05, 0.1) is 13.4 Å². The van der Waals surface area contributed by atoms with E-state index in [1.807, 2.05) is 35.9 Å². The van der Waals surface area contributed by atoms with Crippen molar-refractivity contribution in [3.8, 4) is 5.75 Å². The zero-order chi connectivity index (χ0) is 16.4. The maximum Gasteiger partial charge on any atom is 0.187 e. The Morgan fingerprint density at radius 1 is 1.35 bits per heavy atom. The molecule has 0 saturated carbocycles. The summed E-state index contributed by atoms with van der Waals surface area (Å²) in [5.41, 5.74) is 13.9. The van der Waals surface area contributed by atoms with Crippen molar-refractivity contribution in [2.45, 2.75) is 12.2 Å². The van der Waals surface area contributed by atoms with Crippen LogP contribution in [-0.2, 0) is 7.05 Å². The molecule has 0 radical (unpaired) electrons. The number of methoxy groups -OCH3 is 1. The lowest BCUT2D eigenvalue weighted by molar-refractivity contribution is 0.361. The number of hydrogen-bond donors (Lipinski definition) is 4. The van der Waals surface area contributed by atoms with Crippen LogP contribution in [-0.4, -0.2) is 29.0 Å². The number of rotatable bonds is 5. The first-order chi connectivity index (χ1) is 11.0. The lowest BCUT2D eigenvalue weighted by atomic mass is 10.2. The molecule has 8 heteroatoms. The molecule has 0 aliphatic carbocycles. The van der Waals surface area contributed by atoms with Gasteiger partial charge in [-0.2, -0.15) is 0 Å². The zero-order valence-corrected chi connectivity index (χ0v) is 13.2. The highest BCUT2D eigenvalue weighted by molar-refractivity contribution is 5.46. The van der Waals surface area contributed by atoms with Crippen LogP contribution in [0.3, 0.4) is 0 Å². The van der Waals surface area contributed by atoms with Crippen LogP contribution in [0.5, 0.6) is 5.75 Å². The molecule has 1 atom stereocenters. The Hall–Kier alpha value is -2.74. The molecule has 23 heavy (non-hydrogen) atoms. The fourth-order valence-electron chi connectivity index (χ4n) is 2.54. The van der Waals surface area contributed by atoms with E-state index in [9.17, 15) is 0 Å². The van der Waals surface area contributed by atoms with Gasteiger partial charge in [-0.1, -0.05) is 0 Å². The summed E-state index contributed by atoms with van der Waals surface area (Å²) >= 11 is 0. The van der Waals surface area contributed by atoms with Crippen molar-refractivity contribution >= 4 is 11.5 Å². The largest absolute Gasteiger partial charge is 0.497 e. The van der Waals surface area contributed by atoms with Gasteiger partial charge in [-0.25, -0.2) is 9.98 Å². The van der Waals surface area contributed by atoms with Crippen molar-refractivity contribution < 1.29 is 4.74 Å². The van der Waals surface area contributed by atoms with Crippen LogP contribution in [0.15, 0.2) is 35.6 Å². The summed E-state index contributed by atoms with van der Waals surface area (Å²) < 4.78 is 6.95. The molecule has 0 amide bonds. The third-order valence-electron chi connectivity index (χ3n) is 3.75. The van der Waals surface area contributed by atoms with E-state index in [0.29, 0.717) is 24.3 Å². The van der Waals surface area contributed by atoms with Crippen LogP contribution in [0.25, 0.3) is 5.82 Å². The quantitative estimate of drug-likeness (QED) is 0.550. The van der Waals surface area contributed by atoms with E-state index in [1.165, 1.54) is 0 Å². The Morgan fingerprint density at radius 3 is 2.78 bits per heavy atom. The number of aromatic nitrogens is 2. The number of aryl methyl sites for hydroxylation is 1. The second-order valence-electron chi connectivity index (χ2n) is 5.51. The van der Waals surface area contributed by atoms with Crippen LogP contribution < -0.4 is 37.7 Å². The number of nitrogens with two attached hydrogens (primary N) is 2. The van der Waals surface area contributed by atoms with Gasteiger partial charge >= 0.3 is 0 Å². The molecule has 122 valence electrons. The fraction of sp³-hybridized carbons (Fsp3) is 0.333. The molecule has 1 unspecified atom stereocenters. The highest BCUT2D eigenvalue weighted by Crippen LogP contribution is 2.15. The summed E-state index contributed by atoms with van der Waals surface area (Å²) in [5, 5.41) is 7.12. The van der Waals surface area contributed by atoms with Gasteiger partial charge in [-0.15, -0.1) is 0 Å². The third kappa shape index (κ3) is 3.07. The van der Waals surface area contributed by atoms with E-state index < -0.39 is 5.79 Å². The molecule has 1 aromatic carbocycles. The summed E-state index contributed by atoms with van der Waals surface area (Å²) in [6.07, 6.45) is 2.22. The predicted octanol–water partition coefficient (Wildman–Crippen LogP) is -1.21. The summed E-state index contributed by atoms with van der Waals surface area (Å²) in [4.78, 5) is 8.71. The second kappa shape index (κ2) is 5.81. The first kappa shape index (κ1) is 15.2. The Morgan fingerprint density at radius 2 is 2.09 bits per heavy atom. The van der Waals surface area contributed by atoms with Gasteiger partial charge in [0.2, 0.25) is 0 Å². The molecule has 2 aromatic rings. The molecule has 1 aromatic heterocycles. The van der Waals surface area contributed by atoms with E-state index in [1.54, 1.807) is 13.4 Å². The zero-order valence-electron chi connectivity index (χ0n) is 13.2. The number of fused-ring (bicyclic) bond motifs is 1. The molecule has 0 bridgehead atoms. The van der Waals surface area contributed by atoms with Crippen molar-refractivity contribution in [3.05, 3.63) is 41.4 Å². The lowest BCUT2D eigenvalue weighted by Crippen LogP contribution is -2.61. The number of nitrogens with zero attached hydrogens (tertiary/aromatic N) is 3. The number of benzene rings is 1. The van der Waals surface area contributed by atoms with Gasteiger partial charge in [-0.05, 0) is 24.3 Å². The van der Waals surface area contributed by atoms with E-state index >= 15 is 0 Å². The minimum absolute atomic E-state index is 0.488. The number of imidazole rings is 1. The molecule has 3 rings (SSSR count). The predicted molar refractivity (Wildman–Crippen MR) is 87.7 cm³/mol. The molecule has 1 aliphatic rings. The number of hydrogen-bond acceptors (Lipinski definition) is 7. The minimum atomic E-state index is -0.967. The standard InChI is InChI=1S/C15H21N7O/c1-22-9-19-14-12(22)13(16)20-15(17,21-14)7-8-18-10-3-5-11(23-2)6-4-10/h3-6,9,18,20H,7-8,16-17H2,1-2H3. The van der Waals surface area contributed by atoms with Crippen molar-refractivity contribution in [1.82, 2.24) is 14.9 Å². The average molecular weight is 315 g/mol. The SMILES string of the molecule is COc1ccc(NCCC2(N)N=c3ncn(C)c3=C(N)N2)cc1. The van der Waals surface area contributed by atoms with Crippen molar-refractivity contribution in [1.29, 1.82) is 0 Å². The third-order valence-corrected chi connectivity index (χ3v) is 3.75. The Balaban J connectivity index is 1.67. The number of anilines is 1. The Labute approximate surface area is 133 Å². The maximum atomic E-state index is 6.30. The van der Waals surface area contributed by atoms with Gasteiger partial charge in [0, 0.05) is 25.7 Å². The molecular weight excluding hydrogens is 294 g/mol. The van der Waals surface area contributed by atoms with Crippen LogP contribution in [0.4, 0.5) is 5.69 Å². The van der Waals surface area contributed by atoms with Crippen molar-refractivity contribution in [3.63, 3.8) is 0 Å². The molecule has 0 fully saturated rings. The lowest BCUT2D eigenvalue weighted by Gasteiger charge is -2.29. The maximum absolute atomic E-state index is 6.30. The van der Waals surface area contributed by atoms with Crippen molar-refractivity contribution in [2.24, 2.45) is 23.5 Å². The molecule has 2 heterocycles. The van der Waals surface area contributed by atoms with E-state index in [2.05, 4.69) is 20.6 Å². The monoisotopic (exact) mass is 315 g/mol. The summed E-state index contributed by atoms with van der Waals surface area (Å²) in [6.45, 7) is 0.634. The Bertz CT molecular complexity index is 811. The molecule has 1 aliphatic heterocycles. The van der Waals surface area contributed by atoms with Crippen LogP contribution in [0.1, 0.15) is 6.42 Å². The topological polar surface area (TPSA) is 116 Å². The summed E-state index contributed by atoms with van der Waals surface area (Å²) in [7, 11) is 3.51. The first-order valence-corrected chi connectivity index (χ1v) is 7.33. The summed E-state index contributed by atoms with van der Waals surface area (Å²) in [5.74, 6) is 0.340. The van der Waals surface area contributed by atoms with Gasteiger partial charge in [0.25, 0.3) is 0 Å². The van der Waals surface area contributed by atoms with Crippen LogP contribution in [0.2, 0.25) is 0 Å². The summed E-state index contributed by atoms with van der Waals surface area (Å²) in [6, 6.07) is 7.70. The normalized spacial score (nSPS) is 19.5. The molecule has 6 N–H and O–H groups in total. The highest BCUT2D eigenvalue weighted by atomic mass is 16.5. The van der Waals surface area contributed by atoms with Gasteiger partial charge in [-0.3, -0.25) is 5.73 Å². The minimum Gasteiger partial charge on any atom is -0.497 e. The molecule has 0 saturated heterocycles. The smallest absolute Gasteiger partial charge is 0.187 e. The van der Waals surface area contributed by atoms with Crippen molar-refractivity contribution in [2.75, 3.05) is 19.0 Å². The van der Waals surface area contributed by atoms with Gasteiger partial charge in [0.1, 0.15) is 16.9 Å². The average Bonchev–Trinajstić information content (AvgIpc) is 2.88. The number of nitrogens with one attached hydrogen (secondary N) is 2. The number of ether oxygens (including phenoxy) is 1. The van der Waals surface area contributed by atoms with E-state index in [4.69, 9.17) is 16.2 Å². The fourth-order valence-corrected chi connectivity index (χ4v) is 2.54. The Kier molecular flexibility index (Phi) is 3.83. The molecule has 0 spiro atoms. The van der Waals surface area contributed by atoms with E-state index in [0.717, 1.165) is 16.8 Å². The van der Waals surface area contributed by atoms with Gasteiger partial charge in [0.15, 0.2) is 11.3 Å². The molecule has 8 nitrogen and oxygen atoms in total. The van der Waals surface area contributed by atoms with Gasteiger partial charge < -0.3 is 25.7 Å². The molecular formula is C15H21N7O. The highest BCUT2D eigenvalue weighted by Gasteiger charge is 2.27. The van der Waals surface area contributed by atoms with E-state index in [-0.39, 0.29) is 0 Å². The van der Waals surface area contributed by atoms with Crippen LogP contribution in [0, 0.1) is 0 Å². The van der Waals surface area contributed by atoms with Crippen LogP contribution >= 0.6 is 0 Å². The first-order valence-electron chi connectivity index (χ1n) is 7.33.